The Kier molecular flexibility index (Phi) is 5.26. The molecule has 0 radical (unpaired) electrons. The molecule has 1 aromatic carbocycles. The van der Waals surface area contributed by atoms with Crippen LogP contribution in [0.5, 0.6) is 5.75 Å². The molecular weight excluding hydrogens is 430 g/mol. The quantitative estimate of drug-likeness (QED) is 0.163. The summed E-state index contributed by atoms with van der Waals surface area (Å²) in [6.07, 6.45) is 4.79. The number of nitro benzene ring substituents is 1. The molecule has 1 saturated carbocycles. The van der Waals surface area contributed by atoms with Crippen LogP contribution in [0.2, 0.25) is 5.02 Å². The summed E-state index contributed by atoms with van der Waals surface area (Å²) >= 11 is 6.15. The molecular formula is C20H18ClN3O7. The van der Waals surface area contributed by atoms with E-state index < -0.39 is 34.5 Å². The smallest absolute Gasteiger partial charge is 0.346 e. The Hall–Kier alpha value is -3.27. The fraction of sp³-hybridized carbons (Fsp3) is 0.400. The number of allylic oxidation sites excluding steroid dienone is 2. The largest absolute Gasteiger partial charge is 0.471 e. The van der Waals surface area contributed by atoms with Crippen LogP contribution in [0.25, 0.3) is 0 Å². The zero-order chi connectivity index (χ0) is 22.4. The zero-order valence-corrected chi connectivity index (χ0v) is 17.3. The van der Waals surface area contributed by atoms with Gasteiger partial charge in [0.05, 0.1) is 35.1 Å². The number of benzene rings is 1. The van der Waals surface area contributed by atoms with Gasteiger partial charge in [-0.15, -0.1) is 0 Å². The maximum atomic E-state index is 12.7. The summed E-state index contributed by atoms with van der Waals surface area (Å²) < 4.78 is 9.86. The minimum absolute atomic E-state index is 0.0513. The molecule has 2 amide bonds. The molecule has 31 heavy (non-hydrogen) atoms. The Labute approximate surface area is 181 Å². The Morgan fingerprint density at radius 1 is 1.29 bits per heavy atom. The van der Waals surface area contributed by atoms with Gasteiger partial charge in [0.15, 0.2) is 6.10 Å². The van der Waals surface area contributed by atoms with Crippen molar-refractivity contribution in [3.63, 3.8) is 0 Å². The van der Waals surface area contributed by atoms with E-state index >= 15 is 0 Å². The number of halogens is 1. The predicted octanol–water partition coefficient (Wildman–Crippen LogP) is 2.33. The number of hydrogen-bond donors (Lipinski definition) is 0. The van der Waals surface area contributed by atoms with Gasteiger partial charge in [-0.2, -0.15) is 10.1 Å². The lowest BCUT2D eigenvalue weighted by Gasteiger charge is -2.14. The van der Waals surface area contributed by atoms with Gasteiger partial charge in [0, 0.05) is 11.6 Å². The zero-order valence-electron chi connectivity index (χ0n) is 16.6. The maximum absolute atomic E-state index is 12.7. The van der Waals surface area contributed by atoms with Crippen LogP contribution < -0.4 is 4.74 Å². The third kappa shape index (κ3) is 3.46. The number of nitro groups is 1. The third-order valence-electron chi connectivity index (χ3n) is 5.84. The van der Waals surface area contributed by atoms with Crippen molar-refractivity contribution in [1.29, 1.82) is 0 Å². The number of carbonyl (C=O) groups excluding carboxylic acids is 3. The predicted molar refractivity (Wildman–Crippen MR) is 107 cm³/mol. The molecule has 0 N–H and O–H groups in total. The van der Waals surface area contributed by atoms with E-state index in [1.807, 2.05) is 12.2 Å². The first-order valence-corrected chi connectivity index (χ1v) is 9.93. The second-order valence-corrected chi connectivity index (χ2v) is 8.03. The Morgan fingerprint density at radius 3 is 2.45 bits per heavy atom. The van der Waals surface area contributed by atoms with Crippen molar-refractivity contribution in [3.05, 3.63) is 45.0 Å². The van der Waals surface area contributed by atoms with Crippen LogP contribution in [-0.4, -0.2) is 47.1 Å². The second-order valence-electron chi connectivity index (χ2n) is 7.62. The van der Waals surface area contributed by atoms with Gasteiger partial charge < -0.3 is 9.47 Å². The molecule has 0 unspecified atom stereocenters. The number of carbonyl (C=O) groups is 3. The molecule has 3 aliphatic rings. The number of ether oxygens (including phenoxy) is 2. The highest BCUT2D eigenvalue weighted by molar-refractivity contribution is 6.32. The SMILES string of the molecule is COC(=O)[C@@H](C)Oc1c(Cl)cc(C=NN2C(=O)[C@@H]3[C@H](C2=O)[C@H]2C=C[C@H]3C2)cc1[N+](=O)[O-]. The van der Waals surface area contributed by atoms with Crippen LogP contribution in [0.1, 0.15) is 18.9 Å². The van der Waals surface area contributed by atoms with Crippen LogP contribution in [0.3, 0.4) is 0 Å². The molecule has 1 aromatic rings. The molecule has 0 aromatic heterocycles. The van der Waals surface area contributed by atoms with E-state index in [1.54, 1.807) is 0 Å². The molecule has 2 bridgehead atoms. The standard InChI is InChI=1S/C20H18ClN3O7/c1-9(20(27)30-2)31-17-13(21)5-10(6-14(17)24(28)29)8-22-23-18(25)15-11-3-4-12(7-11)16(15)19(23)26/h3-6,8-9,11-12,15-16H,7H2,1-2H3/t9-,11+,12+,15-,16+/m1/s1. The number of hydrazone groups is 1. The highest BCUT2D eigenvalue weighted by Crippen LogP contribution is 2.52. The van der Waals surface area contributed by atoms with E-state index in [0.29, 0.717) is 0 Å². The summed E-state index contributed by atoms with van der Waals surface area (Å²) in [5.41, 5.74) is -0.309. The van der Waals surface area contributed by atoms with Gasteiger partial charge in [0.2, 0.25) is 5.75 Å². The molecule has 1 aliphatic heterocycles. The van der Waals surface area contributed by atoms with Gasteiger partial charge in [-0.05, 0) is 31.2 Å². The minimum Gasteiger partial charge on any atom is -0.471 e. The van der Waals surface area contributed by atoms with Gasteiger partial charge in [-0.25, -0.2) is 4.79 Å². The molecule has 2 aliphatic carbocycles. The van der Waals surface area contributed by atoms with E-state index in [1.165, 1.54) is 19.2 Å². The minimum atomic E-state index is -1.12. The molecule has 11 heteroatoms. The number of amides is 2. The van der Waals surface area contributed by atoms with Crippen molar-refractivity contribution in [2.24, 2.45) is 28.8 Å². The van der Waals surface area contributed by atoms with Crippen LogP contribution in [0.15, 0.2) is 29.4 Å². The normalized spacial score (nSPS) is 27.1. The highest BCUT2D eigenvalue weighted by Gasteiger charge is 2.59. The molecule has 2 fully saturated rings. The summed E-state index contributed by atoms with van der Waals surface area (Å²) in [6, 6.07) is 2.46. The monoisotopic (exact) mass is 447 g/mol. The van der Waals surface area contributed by atoms with Gasteiger partial charge >= 0.3 is 11.7 Å². The number of methoxy groups -OCH3 is 1. The number of nitrogens with zero attached hydrogens (tertiary/aromatic N) is 3. The summed E-state index contributed by atoms with van der Waals surface area (Å²) in [7, 11) is 1.16. The average Bonchev–Trinajstić information content (AvgIpc) is 3.41. The summed E-state index contributed by atoms with van der Waals surface area (Å²) in [5, 5.41) is 16.2. The number of rotatable bonds is 6. The molecule has 1 saturated heterocycles. The molecule has 162 valence electrons. The first-order chi connectivity index (χ1) is 14.7. The fourth-order valence-corrected chi connectivity index (χ4v) is 4.71. The Bertz CT molecular complexity index is 1020. The van der Waals surface area contributed by atoms with Gasteiger partial charge in [-0.3, -0.25) is 19.7 Å². The van der Waals surface area contributed by atoms with Gasteiger partial charge in [0.25, 0.3) is 11.8 Å². The molecule has 4 rings (SSSR count). The van der Waals surface area contributed by atoms with Crippen molar-refractivity contribution in [1.82, 2.24) is 5.01 Å². The van der Waals surface area contributed by atoms with E-state index in [9.17, 15) is 24.5 Å². The molecule has 10 nitrogen and oxygen atoms in total. The van der Waals surface area contributed by atoms with Crippen molar-refractivity contribution in [2.75, 3.05) is 7.11 Å². The maximum Gasteiger partial charge on any atom is 0.346 e. The second kappa shape index (κ2) is 7.77. The number of hydrogen-bond acceptors (Lipinski definition) is 8. The van der Waals surface area contributed by atoms with Crippen molar-refractivity contribution in [2.45, 2.75) is 19.4 Å². The van der Waals surface area contributed by atoms with Gasteiger partial charge in [-0.1, -0.05) is 23.8 Å². The molecule has 0 spiro atoms. The number of fused-ring (bicyclic) bond motifs is 5. The highest BCUT2D eigenvalue weighted by atomic mass is 35.5. The Balaban J connectivity index is 1.59. The van der Waals surface area contributed by atoms with Crippen molar-refractivity contribution >= 4 is 41.3 Å². The van der Waals surface area contributed by atoms with Crippen LogP contribution in [-0.2, 0) is 19.1 Å². The average molecular weight is 448 g/mol. The molecule has 1 heterocycles. The third-order valence-corrected chi connectivity index (χ3v) is 6.12. The lowest BCUT2D eigenvalue weighted by atomic mass is 9.85. The number of esters is 1. The van der Waals surface area contributed by atoms with E-state index in [4.69, 9.17) is 16.3 Å². The fourth-order valence-electron chi connectivity index (χ4n) is 4.44. The van der Waals surface area contributed by atoms with Crippen LogP contribution >= 0.6 is 11.6 Å². The number of imide groups is 1. The topological polar surface area (TPSA) is 128 Å². The summed E-state index contributed by atoms with van der Waals surface area (Å²) in [6.45, 7) is 1.37. The summed E-state index contributed by atoms with van der Waals surface area (Å²) in [5.74, 6) is -2.44. The lowest BCUT2D eigenvalue weighted by Crippen LogP contribution is -2.28. The van der Waals surface area contributed by atoms with E-state index in [2.05, 4.69) is 9.84 Å². The van der Waals surface area contributed by atoms with Crippen molar-refractivity contribution < 1.29 is 28.8 Å². The van der Waals surface area contributed by atoms with Crippen molar-refractivity contribution in [3.8, 4) is 5.75 Å². The van der Waals surface area contributed by atoms with Crippen LogP contribution in [0.4, 0.5) is 5.69 Å². The Morgan fingerprint density at radius 2 is 1.90 bits per heavy atom. The van der Waals surface area contributed by atoms with Crippen LogP contribution in [0, 0.1) is 33.8 Å². The summed E-state index contributed by atoms with van der Waals surface area (Å²) in [4.78, 5) is 47.7. The van der Waals surface area contributed by atoms with E-state index in [0.717, 1.165) is 24.6 Å². The molecule has 5 atom stereocenters. The first-order valence-electron chi connectivity index (χ1n) is 9.55. The van der Waals surface area contributed by atoms with E-state index in [-0.39, 0.29) is 40.0 Å². The first kappa shape index (κ1) is 21.0. The van der Waals surface area contributed by atoms with Gasteiger partial charge in [0.1, 0.15) is 0 Å². The lowest BCUT2D eigenvalue weighted by molar-refractivity contribution is -0.386.